The van der Waals surface area contributed by atoms with E-state index in [9.17, 15) is 22.0 Å². The molecule has 3 rings (SSSR count). The summed E-state index contributed by atoms with van der Waals surface area (Å²) in [6, 6.07) is 6.96. The average Bonchev–Trinajstić information content (AvgIpc) is 2.99. The molecular formula is C18H21F5N2O2. The lowest BCUT2D eigenvalue weighted by atomic mass is 10.1. The standard InChI is InChI=1S/C18H21F5N2O2/c19-17(20)11-25-9-6-13-14(25)2-1-3-15(13)27-12-4-7-24(8-5-12)10-16(26)18(21,22)23/h1-3,6,9,12,16-17,26H,4-5,7-8,10-11H2. The molecule has 1 aliphatic heterocycles. The number of hydrogen-bond donors (Lipinski definition) is 1. The molecule has 1 saturated heterocycles. The lowest BCUT2D eigenvalue weighted by Gasteiger charge is -2.33. The van der Waals surface area contributed by atoms with Crippen molar-refractivity contribution in [1.82, 2.24) is 9.47 Å². The smallest absolute Gasteiger partial charge is 0.415 e. The van der Waals surface area contributed by atoms with Crippen LogP contribution in [0, 0.1) is 0 Å². The third-order valence-electron chi connectivity index (χ3n) is 4.75. The van der Waals surface area contributed by atoms with Gasteiger partial charge in [0.2, 0.25) is 0 Å². The van der Waals surface area contributed by atoms with Gasteiger partial charge in [-0.25, -0.2) is 8.78 Å². The van der Waals surface area contributed by atoms with E-state index in [-0.39, 0.29) is 6.10 Å². The van der Waals surface area contributed by atoms with Crippen molar-refractivity contribution in [3.05, 3.63) is 30.5 Å². The molecule has 0 saturated carbocycles. The number of benzene rings is 1. The van der Waals surface area contributed by atoms with Crippen LogP contribution in [0.1, 0.15) is 12.8 Å². The fourth-order valence-corrected chi connectivity index (χ4v) is 3.34. The second-order valence-corrected chi connectivity index (χ2v) is 6.72. The maximum atomic E-state index is 12.7. The zero-order chi connectivity index (χ0) is 19.6. The van der Waals surface area contributed by atoms with E-state index in [1.807, 2.05) is 0 Å². The highest BCUT2D eigenvalue weighted by atomic mass is 19.4. The Morgan fingerprint density at radius 2 is 1.81 bits per heavy atom. The average molecular weight is 392 g/mol. The van der Waals surface area contributed by atoms with Gasteiger partial charge in [0, 0.05) is 31.2 Å². The predicted molar refractivity (Wildman–Crippen MR) is 90.1 cm³/mol. The Kier molecular flexibility index (Phi) is 5.90. The Bertz CT molecular complexity index is 754. The fraction of sp³-hybridized carbons (Fsp3) is 0.556. The lowest BCUT2D eigenvalue weighted by molar-refractivity contribution is -0.208. The zero-order valence-electron chi connectivity index (χ0n) is 14.5. The van der Waals surface area contributed by atoms with Crippen molar-refractivity contribution in [3.63, 3.8) is 0 Å². The number of rotatable bonds is 6. The maximum absolute atomic E-state index is 12.7. The Morgan fingerprint density at radius 3 is 2.44 bits per heavy atom. The summed E-state index contributed by atoms with van der Waals surface area (Å²) in [6.07, 6.45) is -6.95. The Balaban J connectivity index is 1.60. The molecule has 1 atom stereocenters. The van der Waals surface area contributed by atoms with Crippen LogP contribution in [0.15, 0.2) is 30.5 Å². The van der Waals surface area contributed by atoms with Crippen LogP contribution in [0.5, 0.6) is 5.75 Å². The summed E-state index contributed by atoms with van der Waals surface area (Å²) < 4.78 is 70.1. The van der Waals surface area contributed by atoms with Crippen LogP contribution < -0.4 is 4.74 Å². The molecule has 0 aliphatic carbocycles. The monoisotopic (exact) mass is 392 g/mol. The maximum Gasteiger partial charge on any atom is 0.415 e. The number of aliphatic hydroxyl groups excluding tert-OH is 1. The van der Waals surface area contributed by atoms with Crippen LogP contribution in [0.3, 0.4) is 0 Å². The van der Waals surface area contributed by atoms with Crippen molar-refractivity contribution >= 4 is 10.9 Å². The van der Waals surface area contributed by atoms with E-state index in [1.54, 1.807) is 35.4 Å². The minimum Gasteiger partial charge on any atom is -0.490 e. The van der Waals surface area contributed by atoms with Gasteiger partial charge in [-0.1, -0.05) is 6.07 Å². The number of alkyl halides is 5. The van der Waals surface area contributed by atoms with Crippen molar-refractivity contribution in [2.24, 2.45) is 0 Å². The third kappa shape index (κ3) is 4.90. The number of halogens is 5. The summed E-state index contributed by atoms with van der Waals surface area (Å²) in [6.45, 7) is -0.0600. The van der Waals surface area contributed by atoms with Crippen molar-refractivity contribution in [1.29, 1.82) is 0 Å². The Labute approximate surface area is 153 Å². The SMILES string of the molecule is OC(CN1CCC(Oc2cccc3c2ccn3CC(F)F)CC1)C(F)(F)F. The third-order valence-corrected chi connectivity index (χ3v) is 4.75. The number of fused-ring (bicyclic) bond motifs is 1. The largest absolute Gasteiger partial charge is 0.490 e. The van der Waals surface area contributed by atoms with Gasteiger partial charge < -0.3 is 19.3 Å². The van der Waals surface area contributed by atoms with Crippen molar-refractivity contribution in [3.8, 4) is 5.75 Å². The van der Waals surface area contributed by atoms with E-state index in [4.69, 9.17) is 9.84 Å². The fourth-order valence-electron chi connectivity index (χ4n) is 3.34. The summed E-state index contributed by atoms with van der Waals surface area (Å²) in [5.74, 6) is 0.578. The number of nitrogens with zero attached hydrogens (tertiary/aromatic N) is 2. The summed E-state index contributed by atoms with van der Waals surface area (Å²) in [4.78, 5) is 1.57. The van der Waals surface area contributed by atoms with Gasteiger partial charge in [-0.15, -0.1) is 0 Å². The topological polar surface area (TPSA) is 37.6 Å². The molecule has 1 fully saturated rings. The minimum atomic E-state index is -4.62. The number of β-amino-alcohol motifs (C(OH)–C–C–N with tert-alkyl or cyclic N) is 1. The van der Waals surface area contributed by atoms with E-state index in [2.05, 4.69) is 0 Å². The van der Waals surface area contributed by atoms with E-state index in [0.717, 1.165) is 5.39 Å². The van der Waals surface area contributed by atoms with Gasteiger partial charge in [0.05, 0.1) is 12.1 Å². The molecule has 0 radical (unpaired) electrons. The second-order valence-electron chi connectivity index (χ2n) is 6.72. The zero-order valence-corrected chi connectivity index (χ0v) is 14.5. The molecular weight excluding hydrogens is 371 g/mol. The van der Waals surface area contributed by atoms with Crippen molar-refractivity contribution in [2.45, 2.75) is 44.2 Å². The molecule has 27 heavy (non-hydrogen) atoms. The quantitative estimate of drug-likeness (QED) is 0.763. The van der Waals surface area contributed by atoms with Gasteiger partial charge >= 0.3 is 6.18 Å². The van der Waals surface area contributed by atoms with Crippen LogP contribution in [-0.2, 0) is 6.54 Å². The number of piperidine rings is 1. The highest BCUT2D eigenvalue weighted by molar-refractivity contribution is 5.86. The Morgan fingerprint density at radius 1 is 1.11 bits per heavy atom. The second kappa shape index (κ2) is 8.02. The highest BCUT2D eigenvalue weighted by Crippen LogP contribution is 2.30. The van der Waals surface area contributed by atoms with E-state index >= 15 is 0 Å². The van der Waals surface area contributed by atoms with Crippen LogP contribution in [-0.4, -0.2) is 59.0 Å². The van der Waals surface area contributed by atoms with E-state index in [0.29, 0.717) is 37.2 Å². The first-order chi connectivity index (χ1) is 12.7. The summed E-state index contributed by atoms with van der Waals surface area (Å²) in [5.41, 5.74) is 0.651. The molecule has 1 aliphatic rings. The molecule has 1 unspecified atom stereocenters. The number of ether oxygens (including phenoxy) is 1. The molecule has 1 N–H and O–H groups in total. The van der Waals surface area contributed by atoms with Gasteiger partial charge in [-0.3, -0.25) is 0 Å². The number of aromatic nitrogens is 1. The number of likely N-dealkylation sites (tertiary alicyclic amines) is 1. The van der Waals surface area contributed by atoms with Gasteiger partial charge in [0.15, 0.2) is 6.10 Å². The van der Waals surface area contributed by atoms with Crippen LogP contribution in [0.2, 0.25) is 0 Å². The minimum absolute atomic E-state index is 0.173. The molecule has 0 bridgehead atoms. The molecule has 9 heteroatoms. The number of hydrogen-bond acceptors (Lipinski definition) is 3. The molecule has 2 heterocycles. The first kappa shape index (κ1) is 19.9. The van der Waals surface area contributed by atoms with Crippen LogP contribution in [0.4, 0.5) is 22.0 Å². The van der Waals surface area contributed by atoms with Crippen molar-refractivity contribution in [2.75, 3.05) is 19.6 Å². The summed E-state index contributed by atoms with van der Waals surface area (Å²) >= 11 is 0. The van der Waals surface area contributed by atoms with Gasteiger partial charge in [-0.2, -0.15) is 13.2 Å². The molecule has 2 aromatic rings. The Hall–Kier alpha value is -1.87. The lowest BCUT2D eigenvalue weighted by Crippen LogP contribution is -2.45. The molecule has 1 aromatic carbocycles. The predicted octanol–water partition coefficient (Wildman–Crippen LogP) is 3.67. The van der Waals surface area contributed by atoms with Crippen LogP contribution in [0.25, 0.3) is 10.9 Å². The van der Waals surface area contributed by atoms with Crippen LogP contribution >= 0.6 is 0 Å². The summed E-state index contributed by atoms with van der Waals surface area (Å²) in [7, 11) is 0. The van der Waals surface area contributed by atoms with E-state index < -0.39 is 31.8 Å². The molecule has 150 valence electrons. The van der Waals surface area contributed by atoms with Crippen molar-refractivity contribution < 1.29 is 31.8 Å². The molecule has 0 amide bonds. The first-order valence-corrected chi connectivity index (χ1v) is 8.74. The number of aliphatic hydroxyl groups is 1. The molecule has 0 spiro atoms. The molecule has 1 aromatic heterocycles. The van der Waals surface area contributed by atoms with Gasteiger partial charge in [-0.05, 0) is 31.0 Å². The van der Waals surface area contributed by atoms with E-state index in [1.165, 1.54) is 4.57 Å². The van der Waals surface area contributed by atoms with Gasteiger partial charge in [0.1, 0.15) is 11.9 Å². The highest BCUT2D eigenvalue weighted by Gasteiger charge is 2.39. The molecule has 4 nitrogen and oxygen atoms in total. The summed E-state index contributed by atoms with van der Waals surface area (Å²) in [5, 5.41) is 9.90. The first-order valence-electron chi connectivity index (χ1n) is 8.74. The van der Waals surface area contributed by atoms with Gasteiger partial charge in [0.25, 0.3) is 6.43 Å². The normalized spacial score (nSPS) is 18.3.